The van der Waals surface area contributed by atoms with E-state index < -0.39 is 0 Å². The molecule has 1 aromatic rings. The number of carbonyl (C=O) groups excluding carboxylic acids is 2. The number of thioether (sulfide) groups is 1. The van der Waals surface area contributed by atoms with Gasteiger partial charge in [0.15, 0.2) is 0 Å². The molecule has 1 aliphatic rings. The van der Waals surface area contributed by atoms with Crippen LogP contribution in [0.4, 0.5) is 4.79 Å². The molecule has 2 rings (SSSR count). The van der Waals surface area contributed by atoms with Crippen molar-refractivity contribution in [3.05, 3.63) is 28.3 Å². The van der Waals surface area contributed by atoms with E-state index in [9.17, 15) is 9.59 Å². The summed E-state index contributed by atoms with van der Waals surface area (Å²) < 4.78 is 0. The van der Waals surface area contributed by atoms with E-state index >= 15 is 0 Å². The summed E-state index contributed by atoms with van der Waals surface area (Å²) in [5, 5.41) is 5.30. The first-order chi connectivity index (χ1) is 10.9. The minimum absolute atomic E-state index is 0.222. The van der Waals surface area contributed by atoms with Crippen LogP contribution in [0.15, 0.2) is 11.0 Å². The first-order valence-electron chi connectivity index (χ1n) is 8.19. The molecule has 2 N–H and O–H groups in total. The van der Waals surface area contributed by atoms with Gasteiger partial charge in [0.2, 0.25) is 5.91 Å². The van der Waals surface area contributed by atoms with Crippen LogP contribution in [-0.4, -0.2) is 23.7 Å². The second-order valence-corrected chi connectivity index (χ2v) is 7.37. The average molecular weight is 334 g/mol. The molecule has 1 saturated carbocycles. The Morgan fingerprint density at radius 3 is 2.22 bits per heavy atom. The highest BCUT2D eigenvalue weighted by atomic mass is 32.2. The van der Waals surface area contributed by atoms with E-state index in [2.05, 4.69) is 44.4 Å². The van der Waals surface area contributed by atoms with E-state index in [0.29, 0.717) is 0 Å². The summed E-state index contributed by atoms with van der Waals surface area (Å²) in [5.41, 5.74) is 4.88. The summed E-state index contributed by atoms with van der Waals surface area (Å²) in [6.45, 7) is 8.32. The SMILES string of the molecule is Cc1cc(C)c(C)c(SCC(=O)NC(=O)NC2CCCC2)c1C. The zero-order valence-electron chi connectivity index (χ0n) is 14.4. The Kier molecular flexibility index (Phi) is 6.10. The molecule has 1 aromatic carbocycles. The molecule has 126 valence electrons. The fourth-order valence-corrected chi connectivity index (χ4v) is 4.09. The fraction of sp³-hybridized carbons (Fsp3) is 0.556. The largest absolute Gasteiger partial charge is 0.335 e. The van der Waals surface area contributed by atoms with Gasteiger partial charge in [-0.2, -0.15) is 0 Å². The topological polar surface area (TPSA) is 58.2 Å². The monoisotopic (exact) mass is 334 g/mol. The predicted molar refractivity (Wildman–Crippen MR) is 95.0 cm³/mol. The van der Waals surface area contributed by atoms with Crippen LogP contribution < -0.4 is 10.6 Å². The Balaban J connectivity index is 1.88. The number of nitrogens with one attached hydrogen (secondary N) is 2. The summed E-state index contributed by atoms with van der Waals surface area (Å²) in [7, 11) is 0. The Labute approximate surface area is 142 Å². The van der Waals surface area contributed by atoms with Crippen molar-refractivity contribution in [2.24, 2.45) is 0 Å². The van der Waals surface area contributed by atoms with Crippen LogP contribution in [0.1, 0.15) is 47.9 Å². The number of imide groups is 1. The second kappa shape index (κ2) is 7.86. The van der Waals surface area contributed by atoms with Gasteiger partial charge in [-0.1, -0.05) is 18.9 Å². The zero-order valence-corrected chi connectivity index (χ0v) is 15.2. The van der Waals surface area contributed by atoms with Crippen LogP contribution in [0.5, 0.6) is 0 Å². The molecule has 0 saturated heterocycles. The lowest BCUT2D eigenvalue weighted by molar-refractivity contribution is -0.117. The van der Waals surface area contributed by atoms with Gasteiger partial charge in [-0.3, -0.25) is 10.1 Å². The smallest absolute Gasteiger partial charge is 0.321 e. The van der Waals surface area contributed by atoms with Crippen LogP contribution in [0.2, 0.25) is 0 Å². The van der Waals surface area contributed by atoms with Crippen molar-refractivity contribution in [3.8, 4) is 0 Å². The molecule has 0 radical (unpaired) electrons. The van der Waals surface area contributed by atoms with Crippen molar-refractivity contribution < 1.29 is 9.59 Å². The lowest BCUT2D eigenvalue weighted by atomic mass is 10.0. The summed E-state index contributed by atoms with van der Waals surface area (Å²) in [6, 6.07) is 2.03. The van der Waals surface area contributed by atoms with Gasteiger partial charge in [-0.15, -0.1) is 11.8 Å². The molecular formula is C18H26N2O2S. The number of carbonyl (C=O) groups is 2. The molecule has 0 aliphatic heterocycles. The molecule has 0 aromatic heterocycles. The first-order valence-corrected chi connectivity index (χ1v) is 9.17. The number of aryl methyl sites for hydroxylation is 2. The van der Waals surface area contributed by atoms with Gasteiger partial charge in [0.25, 0.3) is 0 Å². The Morgan fingerprint density at radius 1 is 1.09 bits per heavy atom. The molecule has 0 atom stereocenters. The third-order valence-corrected chi connectivity index (χ3v) is 5.90. The third-order valence-electron chi connectivity index (χ3n) is 4.59. The summed E-state index contributed by atoms with van der Waals surface area (Å²) >= 11 is 1.50. The number of amides is 3. The standard InChI is InChI=1S/C18H26N2O2S/c1-11-9-12(2)14(4)17(13(11)3)23-10-16(21)20-18(22)19-15-7-5-6-8-15/h9,15H,5-8,10H2,1-4H3,(H2,19,20,21,22). The minimum Gasteiger partial charge on any atom is -0.335 e. The maximum atomic E-state index is 12.0. The van der Waals surface area contributed by atoms with Gasteiger partial charge >= 0.3 is 6.03 Å². The maximum absolute atomic E-state index is 12.0. The van der Waals surface area contributed by atoms with Crippen molar-refractivity contribution in [1.29, 1.82) is 0 Å². The summed E-state index contributed by atoms with van der Waals surface area (Å²) in [5.74, 6) is 0.00584. The highest BCUT2D eigenvalue weighted by Crippen LogP contribution is 2.30. The normalized spacial score (nSPS) is 14.8. The number of hydrogen-bond donors (Lipinski definition) is 2. The van der Waals surface area contributed by atoms with E-state index in [-0.39, 0.29) is 23.7 Å². The lowest BCUT2D eigenvalue weighted by Gasteiger charge is -2.15. The van der Waals surface area contributed by atoms with Crippen LogP contribution >= 0.6 is 11.8 Å². The maximum Gasteiger partial charge on any atom is 0.321 e. The molecule has 23 heavy (non-hydrogen) atoms. The van der Waals surface area contributed by atoms with Gasteiger partial charge in [-0.05, 0) is 62.8 Å². The van der Waals surface area contributed by atoms with Crippen molar-refractivity contribution >= 4 is 23.7 Å². The Morgan fingerprint density at radius 2 is 1.65 bits per heavy atom. The van der Waals surface area contributed by atoms with Crippen LogP contribution in [-0.2, 0) is 4.79 Å². The molecule has 3 amide bonds. The second-order valence-electron chi connectivity index (χ2n) is 6.38. The molecule has 5 heteroatoms. The summed E-state index contributed by atoms with van der Waals surface area (Å²) in [4.78, 5) is 25.0. The van der Waals surface area contributed by atoms with E-state index in [1.54, 1.807) is 0 Å². The first kappa shape index (κ1) is 17.9. The number of rotatable bonds is 4. The van der Waals surface area contributed by atoms with Crippen molar-refractivity contribution in [2.75, 3.05) is 5.75 Å². The Hall–Kier alpha value is -1.49. The predicted octanol–water partition coefficient (Wildman–Crippen LogP) is 3.78. The number of urea groups is 1. The summed E-state index contributed by atoms with van der Waals surface area (Å²) in [6.07, 6.45) is 4.33. The fourth-order valence-electron chi connectivity index (χ4n) is 2.99. The molecule has 1 fully saturated rings. The van der Waals surface area contributed by atoms with Crippen molar-refractivity contribution in [2.45, 2.75) is 64.3 Å². The van der Waals surface area contributed by atoms with Crippen LogP contribution in [0.3, 0.4) is 0 Å². The zero-order chi connectivity index (χ0) is 17.0. The van der Waals surface area contributed by atoms with Crippen LogP contribution in [0.25, 0.3) is 0 Å². The lowest BCUT2D eigenvalue weighted by Crippen LogP contribution is -2.44. The minimum atomic E-state index is -0.364. The molecule has 1 aliphatic carbocycles. The Bertz CT molecular complexity index is 581. The average Bonchev–Trinajstić information content (AvgIpc) is 2.97. The number of hydrogen-bond acceptors (Lipinski definition) is 3. The molecule has 0 heterocycles. The van der Waals surface area contributed by atoms with E-state index in [1.165, 1.54) is 34.0 Å². The highest BCUT2D eigenvalue weighted by Gasteiger charge is 2.18. The number of benzene rings is 1. The molecule has 4 nitrogen and oxygen atoms in total. The molecule has 0 unspecified atom stereocenters. The quantitative estimate of drug-likeness (QED) is 0.824. The third kappa shape index (κ3) is 4.74. The van der Waals surface area contributed by atoms with Crippen LogP contribution in [0, 0.1) is 27.7 Å². The van der Waals surface area contributed by atoms with Gasteiger partial charge in [0.1, 0.15) is 0 Å². The van der Waals surface area contributed by atoms with Crippen molar-refractivity contribution in [3.63, 3.8) is 0 Å². The van der Waals surface area contributed by atoms with Gasteiger partial charge < -0.3 is 5.32 Å². The van der Waals surface area contributed by atoms with Crippen molar-refractivity contribution in [1.82, 2.24) is 10.6 Å². The van der Waals surface area contributed by atoms with E-state index in [4.69, 9.17) is 0 Å². The highest BCUT2D eigenvalue weighted by molar-refractivity contribution is 8.00. The van der Waals surface area contributed by atoms with Gasteiger partial charge in [0, 0.05) is 10.9 Å². The molecule has 0 spiro atoms. The van der Waals surface area contributed by atoms with E-state index in [0.717, 1.165) is 30.6 Å². The van der Waals surface area contributed by atoms with E-state index in [1.807, 2.05) is 0 Å². The molecule has 0 bridgehead atoms. The van der Waals surface area contributed by atoms with Gasteiger partial charge in [-0.25, -0.2) is 4.79 Å². The van der Waals surface area contributed by atoms with Gasteiger partial charge in [0.05, 0.1) is 5.75 Å². The molecular weight excluding hydrogens is 308 g/mol.